The molecular weight excluding hydrogens is 224 g/mol. The molecule has 17 heavy (non-hydrogen) atoms. The number of nitrogens with two attached hydrogens (primary N) is 1. The molecule has 1 aromatic rings. The zero-order valence-corrected chi connectivity index (χ0v) is 10.5. The highest BCUT2D eigenvalue weighted by Crippen LogP contribution is 2.38. The predicted molar refractivity (Wildman–Crippen MR) is 64.6 cm³/mol. The quantitative estimate of drug-likeness (QED) is 0.861. The van der Waals surface area contributed by atoms with Crippen LogP contribution in [-0.4, -0.2) is 13.7 Å². The molecule has 0 heterocycles. The van der Waals surface area contributed by atoms with Crippen molar-refractivity contribution in [2.45, 2.75) is 32.1 Å². The molecule has 0 atom stereocenters. The Morgan fingerprint density at radius 3 is 2.47 bits per heavy atom. The van der Waals surface area contributed by atoms with Crippen molar-refractivity contribution in [1.29, 1.82) is 0 Å². The van der Waals surface area contributed by atoms with Crippen LogP contribution in [0.15, 0.2) is 18.2 Å². The van der Waals surface area contributed by atoms with Gasteiger partial charge < -0.3 is 10.5 Å². The minimum absolute atomic E-state index is 0.0535. The van der Waals surface area contributed by atoms with Crippen molar-refractivity contribution in [3.63, 3.8) is 0 Å². The average molecular weight is 243 g/mol. The minimum Gasteiger partial charge on any atom is -0.496 e. The molecule has 0 bridgehead atoms. The second kappa shape index (κ2) is 5.45. The zero-order valence-electron chi connectivity index (χ0n) is 10.5. The maximum absolute atomic E-state index is 13.9. The van der Waals surface area contributed by atoms with Gasteiger partial charge in [-0.05, 0) is 30.2 Å². The third kappa shape index (κ3) is 3.16. The lowest BCUT2D eigenvalue weighted by atomic mass is 9.96. The number of alkyl halides is 2. The van der Waals surface area contributed by atoms with Crippen LogP contribution in [0, 0.1) is 0 Å². The molecule has 0 aliphatic heterocycles. The van der Waals surface area contributed by atoms with Gasteiger partial charge in [0.05, 0.1) is 12.7 Å². The van der Waals surface area contributed by atoms with Crippen molar-refractivity contribution in [3.8, 4) is 5.75 Å². The van der Waals surface area contributed by atoms with Gasteiger partial charge in [0.1, 0.15) is 5.75 Å². The van der Waals surface area contributed by atoms with Crippen molar-refractivity contribution in [3.05, 3.63) is 29.3 Å². The Morgan fingerprint density at radius 1 is 1.35 bits per heavy atom. The lowest BCUT2D eigenvalue weighted by molar-refractivity contribution is -0.0128. The van der Waals surface area contributed by atoms with Crippen LogP contribution in [0.5, 0.6) is 5.75 Å². The summed E-state index contributed by atoms with van der Waals surface area (Å²) in [6.45, 7) is 3.88. The molecule has 0 aliphatic rings. The van der Waals surface area contributed by atoms with Gasteiger partial charge in [-0.2, -0.15) is 0 Å². The minimum atomic E-state index is -2.94. The van der Waals surface area contributed by atoms with Gasteiger partial charge >= 0.3 is 0 Å². The van der Waals surface area contributed by atoms with E-state index in [2.05, 4.69) is 0 Å². The van der Waals surface area contributed by atoms with Crippen LogP contribution in [0.2, 0.25) is 0 Å². The standard InChI is InChI=1S/C13H19F2NO/c1-9(2)10-4-5-12(17-3)11(8-10)13(14,15)6-7-16/h4-5,8-9H,6-7,16H2,1-3H3. The highest BCUT2D eigenvalue weighted by atomic mass is 19.3. The molecule has 4 heteroatoms. The number of ether oxygens (including phenoxy) is 1. The smallest absolute Gasteiger partial charge is 0.278 e. The molecule has 0 saturated heterocycles. The lowest BCUT2D eigenvalue weighted by Crippen LogP contribution is -2.20. The fraction of sp³-hybridized carbons (Fsp3) is 0.538. The van der Waals surface area contributed by atoms with Gasteiger partial charge in [-0.3, -0.25) is 0 Å². The number of hydrogen-bond donors (Lipinski definition) is 1. The van der Waals surface area contributed by atoms with Crippen LogP contribution in [-0.2, 0) is 5.92 Å². The lowest BCUT2D eigenvalue weighted by Gasteiger charge is -2.20. The molecule has 0 unspecified atom stereocenters. The summed E-state index contributed by atoms with van der Waals surface area (Å²) in [6.07, 6.45) is -0.370. The van der Waals surface area contributed by atoms with Crippen molar-refractivity contribution in [2.75, 3.05) is 13.7 Å². The number of methoxy groups -OCH3 is 1. The molecule has 2 N–H and O–H groups in total. The fourth-order valence-electron chi connectivity index (χ4n) is 1.69. The van der Waals surface area contributed by atoms with Crippen molar-refractivity contribution >= 4 is 0 Å². The van der Waals surface area contributed by atoms with Crippen LogP contribution in [0.25, 0.3) is 0 Å². The molecule has 0 spiro atoms. The summed E-state index contributed by atoms with van der Waals surface area (Å²) in [5.41, 5.74) is 6.02. The Labute approximate surface area is 101 Å². The van der Waals surface area contributed by atoms with E-state index >= 15 is 0 Å². The van der Waals surface area contributed by atoms with Crippen LogP contribution in [0.4, 0.5) is 8.78 Å². The van der Waals surface area contributed by atoms with Gasteiger partial charge in [-0.25, -0.2) is 8.78 Å². The Morgan fingerprint density at radius 2 is 2.00 bits per heavy atom. The summed E-state index contributed by atoms with van der Waals surface area (Å²) in [7, 11) is 1.40. The molecule has 0 fully saturated rings. The van der Waals surface area contributed by atoms with Gasteiger partial charge in [0.25, 0.3) is 5.92 Å². The summed E-state index contributed by atoms with van der Waals surface area (Å²) < 4.78 is 32.8. The van der Waals surface area contributed by atoms with E-state index in [1.165, 1.54) is 13.2 Å². The molecule has 96 valence electrons. The Kier molecular flexibility index (Phi) is 4.46. The first-order chi connectivity index (χ1) is 7.92. The highest BCUT2D eigenvalue weighted by molar-refractivity contribution is 5.41. The molecular formula is C13H19F2NO. The maximum atomic E-state index is 13.9. The van der Waals surface area contributed by atoms with Crippen LogP contribution < -0.4 is 10.5 Å². The van der Waals surface area contributed by atoms with Crippen molar-refractivity contribution in [2.24, 2.45) is 5.73 Å². The zero-order chi connectivity index (χ0) is 13.1. The van der Waals surface area contributed by atoms with E-state index in [0.717, 1.165) is 5.56 Å². The van der Waals surface area contributed by atoms with Crippen LogP contribution >= 0.6 is 0 Å². The number of halogens is 2. The monoisotopic (exact) mass is 243 g/mol. The first kappa shape index (κ1) is 13.9. The molecule has 0 saturated carbocycles. The van der Waals surface area contributed by atoms with E-state index in [4.69, 9.17) is 10.5 Å². The van der Waals surface area contributed by atoms with E-state index in [0.29, 0.717) is 0 Å². The van der Waals surface area contributed by atoms with E-state index in [9.17, 15) is 8.78 Å². The van der Waals surface area contributed by atoms with Gasteiger partial charge in [-0.1, -0.05) is 19.9 Å². The van der Waals surface area contributed by atoms with Gasteiger partial charge in [0, 0.05) is 6.42 Å². The van der Waals surface area contributed by atoms with Crippen molar-refractivity contribution in [1.82, 2.24) is 0 Å². The maximum Gasteiger partial charge on any atom is 0.278 e. The van der Waals surface area contributed by atoms with E-state index < -0.39 is 5.92 Å². The van der Waals surface area contributed by atoms with Gasteiger partial charge in [-0.15, -0.1) is 0 Å². The second-order valence-corrected chi connectivity index (χ2v) is 4.36. The van der Waals surface area contributed by atoms with Gasteiger partial charge in [0.15, 0.2) is 0 Å². The Bertz CT molecular complexity index is 378. The molecule has 0 aromatic heterocycles. The fourth-order valence-corrected chi connectivity index (χ4v) is 1.69. The highest BCUT2D eigenvalue weighted by Gasteiger charge is 2.34. The summed E-state index contributed by atoms with van der Waals surface area (Å²) in [6, 6.07) is 4.92. The largest absolute Gasteiger partial charge is 0.496 e. The molecule has 2 nitrogen and oxygen atoms in total. The normalized spacial score (nSPS) is 11.9. The Hall–Kier alpha value is -1.16. The molecule has 0 aliphatic carbocycles. The van der Waals surface area contributed by atoms with E-state index in [1.54, 1.807) is 6.07 Å². The number of hydrogen-bond acceptors (Lipinski definition) is 2. The van der Waals surface area contributed by atoms with E-state index in [1.807, 2.05) is 19.9 Å². The molecule has 1 rings (SSSR count). The SMILES string of the molecule is COc1ccc(C(C)C)cc1C(F)(F)CCN. The van der Waals surface area contributed by atoms with Crippen LogP contribution in [0.3, 0.4) is 0 Å². The average Bonchev–Trinajstić information content (AvgIpc) is 2.28. The second-order valence-electron chi connectivity index (χ2n) is 4.36. The third-order valence-electron chi connectivity index (χ3n) is 2.74. The molecule has 0 amide bonds. The summed E-state index contributed by atoms with van der Waals surface area (Å²) in [4.78, 5) is 0. The topological polar surface area (TPSA) is 35.2 Å². The number of benzene rings is 1. The summed E-state index contributed by atoms with van der Waals surface area (Å²) in [5.74, 6) is -2.52. The summed E-state index contributed by atoms with van der Waals surface area (Å²) >= 11 is 0. The van der Waals surface area contributed by atoms with Crippen LogP contribution in [0.1, 0.15) is 37.3 Å². The molecule has 0 radical (unpaired) electrons. The first-order valence-electron chi connectivity index (χ1n) is 5.68. The Balaban J connectivity index is 3.22. The summed E-state index contributed by atoms with van der Waals surface area (Å²) in [5, 5.41) is 0. The molecule has 1 aromatic carbocycles. The van der Waals surface area contributed by atoms with E-state index in [-0.39, 0.29) is 30.2 Å². The predicted octanol–water partition coefficient (Wildman–Crippen LogP) is 3.26. The number of rotatable bonds is 5. The van der Waals surface area contributed by atoms with Gasteiger partial charge in [0.2, 0.25) is 0 Å². The van der Waals surface area contributed by atoms with Crippen molar-refractivity contribution < 1.29 is 13.5 Å². The first-order valence-corrected chi connectivity index (χ1v) is 5.68. The third-order valence-corrected chi connectivity index (χ3v) is 2.74.